The lowest BCUT2D eigenvalue weighted by Crippen LogP contribution is -2.42. The van der Waals surface area contributed by atoms with Gasteiger partial charge in [0.05, 0.1) is 13.2 Å². The molecule has 0 aliphatic heterocycles. The topological polar surface area (TPSA) is 30.5 Å². The molecule has 1 N–H and O–H groups in total. The number of halogens is 1. The molecule has 2 atom stereocenters. The van der Waals surface area contributed by atoms with E-state index in [0.717, 1.165) is 23.2 Å². The highest BCUT2D eigenvalue weighted by molar-refractivity contribution is 9.10. The highest BCUT2D eigenvalue weighted by Crippen LogP contribution is 2.37. The fourth-order valence-electron chi connectivity index (χ4n) is 2.72. The van der Waals surface area contributed by atoms with Crippen LogP contribution in [0.15, 0.2) is 22.7 Å². The molecule has 1 aromatic carbocycles. The number of hydrogen-bond acceptors (Lipinski definition) is 3. The van der Waals surface area contributed by atoms with E-state index in [1.165, 1.54) is 18.4 Å². The molecular formula is C16H24BrNO2. The van der Waals surface area contributed by atoms with Crippen molar-refractivity contribution < 1.29 is 9.47 Å². The lowest BCUT2D eigenvalue weighted by molar-refractivity contribution is 0.0210. The van der Waals surface area contributed by atoms with Crippen molar-refractivity contribution in [3.63, 3.8) is 0 Å². The first kappa shape index (κ1) is 15.8. The monoisotopic (exact) mass is 341 g/mol. The summed E-state index contributed by atoms with van der Waals surface area (Å²) < 4.78 is 12.5. The highest BCUT2D eigenvalue weighted by atomic mass is 79.9. The average molecular weight is 342 g/mol. The molecular weight excluding hydrogens is 318 g/mol. The second-order valence-electron chi connectivity index (χ2n) is 5.31. The number of rotatable bonds is 8. The van der Waals surface area contributed by atoms with Crippen molar-refractivity contribution in [2.45, 2.75) is 38.3 Å². The smallest absolute Gasteiger partial charge is 0.122 e. The summed E-state index contributed by atoms with van der Waals surface area (Å²) in [5.41, 5.74) is 1.21. The minimum Gasteiger partial charge on any atom is -0.496 e. The predicted octanol–water partition coefficient (Wildman–Crippen LogP) is 3.40. The average Bonchev–Trinajstić information content (AvgIpc) is 3.27. The second-order valence-corrected chi connectivity index (χ2v) is 6.23. The van der Waals surface area contributed by atoms with E-state index in [0.29, 0.717) is 18.1 Å². The molecule has 0 radical (unpaired) electrons. The Hall–Kier alpha value is -0.580. The second kappa shape index (κ2) is 7.43. The Morgan fingerprint density at radius 3 is 2.70 bits per heavy atom. The molecule has 0 spiro atoms. The molecule has 4 heteroatoms. The lowest BCUT2D eigenvalue weighted by Gasteiger charge is -2.27. The summed E-state index contributed by atoms with van der Waals surface area (Å²) in [4.78, 5) is 0. The van der Waals surface area contributed by atoms with Crippen molar-refractivity contribution in [3.05, 3.63) is 28.2 Å². The van der Waals surface area contributed by atoms with Crippen molar-refractivity contribution in [1.29, 1.82) is 0 Å². The third kappa shape index (κ3) is 3.96. The molecule has 1 aliphatic rings. The van der Waals surface area contributed by atoms with Crippen LogP contribution in [0, 0.1) is 5.92 Å². The van der Waals surface area contributed by atoms with Gasteiger partial charge in [-0.3, -0.25) is 0 Å². The van der Waals surface area contributed by atoms with Crippen molar-refractivity contribution in [3.8, 4) is 5.75 Å². The van der Waals surface area contributed by atoms with E-state index in [9.17, 15) is 0 Å². The van der Waals surface area contributed by atoms with E-state index in [2.05, 4.69) is 34.2 Å². The lowest BCUT2D eigenvalue weighted by atomic mass is 9.97. The number of benzene rings is 1. The van der Waals surface area contributed by atoms with E-state index in [1.807, 2.05) is 19.2 Å². The molecule has 0 amide bonds. The van der Waals surface area contributed by atoms with E-state index in [-0.39, 0.29) is 0 Å². The van der Waals surface area contributed by atoms with Crippen molar-refractivity contribution in [2.24, 2.45) is 5.92 Å². The van der Waals surface area contributed by atoms with Crippen LogP contribution in [0.25, 0.3) is 0 Å². The van der Waals surface area contributed by atoms with Crippen LogP contribution in [0.5, 0.6) is 5.75 Å². The zero-order valence-electron chi connectivity index (χ0n) is 12.5. The van der Waals surface area contributed by atoms with E-state index in [1.54, 1.807) is 7.11 Å². The number of hydrogen-bond donors (Lipinski definition) is 1. The molecule has 1 aromatic rings. The van der Waals surface area contributed by atoms with Crippen LogP contribution in [0.3, 0.4) is 0 Å². The molecule has 0 aromatic heterocycles. The van der Waals surface area contributed by atoms with Gasteiger partial charge in [-0.25, -0.2) is 0 Å². The molecule has 2 rings (SSSR count). The van der Waals surface area contributed by atoms with Gasteiger partial charge in [0, 0.05) is 17.1 Å². The van der Waals surface area contributed by atoms with E-state index < -0.39 is 0 Å². The number of nitrogens with one attached hydrogen (secondary N) is 1. The SMILES string of the molecule is CCOC(C1CC1)C(Cc1cc(Br)ccc1OC)NC. The molecule has 3 nitrogen and oxygen atoms in total. The Bertz CT molecular complexity index is 434. The Labute approximate surface area is 130 Å². The van der Waals surface area contributed by atoms with Crippen LogP contribution in [0.2, 0.25) is 0 Å². The number of ether oxygens (including phenoxy) is 2. The normalized spacial score (nSPS) is 17.8. The first-order chi connectivity index (χ1) is 9.69. The predicted molar refractivity (Wildman–Crippen MR) is 85.4 cm³/mol. The van der Waals surface area contributed by atoms with Gasteiger partial charge in [-0.05, 0) is 62.9 Å². The molecule has 1 aliphatic carbocycles. The van der Waals surface area contributed by atoms with Gasteiger partial charge in [0.25, 0.3) is 0 Å². The molecule has 0 saturated heterocycles. The highest BCUT2D eigenvalue weighted by Gasteiger charge is 2.36. The number of likely N-dealkylation sites (N-methyl/N-ethyl adjacent to an activating group) is 1. The first-order valence-corrected chi connectivity index (χ1v) is 8.10. The first-order valence-electron chi connectivity index (χ1n) is 7.30. The quantitative estimate of drug-likeness (QED) is 0.785. The fourth-order valence-corrected chi connectivity index (χ4v) is 3.13. The summed E-state index contributed by atoms with van der Waals surface area (Å²) in [6, 6.07) is 6.49. The largest absolute Gasteiger partial charge is 0.496 e. The van der Waals surface area contributed by atoms with Gasteiger partial charge in [0.1, 0.15) is 5.75 Å². The molecule has 1 fully saturated rings. The standard InChI is InChI=1S/C16H24BrNO2/c1-4-20-16(11-5-6-11)14(18-2)10-12-9-13(17)7-8-15(12)19-3/h7-9,11,14,16,18H,4-6,10H2,1-3H3. The van der Waals surface area contributed by atoms with Crippen LogP contribution in [-0.4, -0.2) is 32.9 Å². The Morgan fingerprint density at radius 1 is 1.40 bits per heavy atom. The summed E-state index contributed by atoms with van der Waals surface area (Å²) >= 11 is 3.54. The molecule has 112 valence electrons. The van der Waals surface area contributed by atoms with Crippen LogP contribution >= 0.6 is 15.9 Å². The van der Waals surface area contributed by atoms with Gasteiger partial charge in [0.2, 0.25) is 0 Å². The van der Waals surface area contributed by atoms with E-state index in [4.69, 9.17) is 9.47 Å². The molecule has 20 heavy (non-hydrogen) atoms. The molecule has 1 saturated carbocycles. The van der Waals surface area contributed by atoms with Gasteiger partial charge in [-0.15, -0.1) is 0 Å². The van der Waals surface area contributed by atoms with Gasteiger partial charge in [0.15, 0.2) is 0 Å². The molecule has 0 bridgehead atoms. The van der Waals surface area contributed by atoms with Gasteiger partial charge in [-0.1, -0.05) is 15.9 Å². The Morgan fingerprint density at radius 2 is 2.15 bits per heavy atom. The maximum Gasteiger partial charge on any atom is 0.122 e. The number of methoxy groups -OCH3 is 1. The summed E-state index contributed by atoms with van der Waals surface area (Å²) in [7, 11) is 3.74. The van der Waals surface area contributed by atoms with Gasteiger partial charge < -0.3 is 14.8 Å². The van der Waals surface area contributed by atoms with Crippen molar-refractivity contribution in [1.82, 2.24) is 5.32 Å². The maximum atomic E-state index is 5.98. The maximum absolute atomic E-state index is 5.98. The zero-order chi connectivity index (χ0) is 14.5. The molecule has 0 heterocycles. The third-order valence-electron chi connectivity index (χ3n) is 3.90. The van der Waals surface area contributed by atoms with E-state index >= 15 is 0 Å². The van der Waals surface area contributed by atoms with Gasteiger partial charge in [-0.2, -0.15) is 0 Å². The Kier molecular flexibility index (Phi) is 5.87. The Balaban J connectivity index is 2.14. The summed E-state index contributed by atoms with van der Waals surface area (Å²) in [5.74, 6) is 1.66. The van der Waals surface area contributed by atoms with Crippen LogP contribution < -0.4 is 10.1 Å². The third-order valence-corrected chi connectivity index (χ3v) is 4.39. The van der Waals surface area contributed by atoms with Gasteiger partial charge >= 0.3 is 0 Å². The van der Waals surface area contributed by atoms with Crippen LogP contribution in [0.4, 0.5) is 0 Å². The summed E-state index contributed by atoms with van der Waals surface area (Å²) in [6.45, 7) is 2.84. The molecule has 2 unspecified atom stereocenters. The van der Waals surface area contributed by atoms with Crippen LogP contribution in [-0.2, 0) is 11.2 Å². The van der Waals surface area contributed by atoms with Crippen molar-refractivity contribution >= 4 is 15.9 Å². The minimum absolute atomic E-state index is 0.300. The van der Waals surface area contributed by atoms with Crippen molar-refractivity contribution in [2.75, 3.05) is 20.8 Å². The van der Waals surface area contributed by atoms with Crippen LogP contribution in [0.1, 0.15) is 25.3 Å². The zero-order valence-corrected chi connectivity index (χ0v) is 14.1. The summed E-state index contributed by atoms with van der Waals surface area (Å²) in [6.07, 6.45) is 3.80. The summed E-state index contributed by atoms with van der Waals surface area (Å²) in [5, 5.41) is 3.43. The fraction of sp³-hybridized carbons (Fsp3) is 0.625. The minimum atomic E-state index is 0.300.